The highest BCUT2D eigenvalue weighted by atomic mass is 35.5. The molecule has 4 nitrogen and oxygen atoms in total. The van der Waals surface area contributed by atoms with E-state index in [0.717, 1.165) is 36.5 Å². The first-order valence-corrected chi connectivity index (χ1v) is 8.67. The summed E-state index contributed by atoms with van der Waals surface area (Å²) in [6.07, 6.45) is 2.19. The number of carbonyl (C=O) groups is 1. The van der Waals surface area contributed by atoms with Crippen LogP contribution < -0.4 is 10.6 Å². The number of piperidine rings is 1. The SMILES string of the molecule is O=C(NCc1cccc(Cl)c1)c1csc(C2CCNCC2)n1. The number of carbonyl (C=O) groups excluding carboxylic acids is 1. The second-order valence-corrected chi connectivity index (χ2v) is 6.73. The summed E-state index contributed by atoms with van der Waals surface area (Å²) < 4.78 is 0. The summed E-state index contributed by atoms with van der Waals surface area (Å²) in [7, 11) is 0. The Morgan fingerprint density at radius 1 is 1.41 bits per heavy atom. The predicted molar refractivity (Wildman–Crippen MR) is 89.6 cm³/mol. The molecule has 0 unspecified atom stereocenters. The zero-order chi connectivity index (χ0) is 15.4. The molecule has 0 aliphatic carbocycles. The maximum atomic E-state index is 12.2. The number of halogens is 1. The molecule has 1 aromatic heterocycles. The molecule has 1 saturated heterocycles. The molecule has 1 aromatic carbocycles. The number of amides is 1. The Labute approximate surface area is 138 Å². The molecule has 1 aliphatic heterocycles. The van der Waals surface area contributed by atoms with Crippen LogP contribution in [0, 0.1) is 0 Å². The van der Waals surface area contributed by atoms with Crippen molar-refractivity contribution in [2.24, 2.45) is 0 Å². The summed E-state index contributed by atoms with van der Waals surface area (Å²) in [4.78, 5) is 16.7. The predicted octanol–water partition coefficient (Wildman–Crippen LogP) is 3.19. The summed E-state index contributed by atoms with van der Waals surface area (Å²) in [5.74, 6) is 0.358. The van der Waals surface area contributed by atoms with Crippen LogP contribution in [0.25, 0.3) is 0 Å². The van der Waals surface area contributed by atoms with Crippen LogP contribution in [0.5, 0.6) is 0 Å². The van der Waals surface area contributed by atoms with Gasteiger partial charge in [-0.05, 0) is 43.6 Å². The van der Waals surface area contributed by atoms with E-state index in [1.807, 2.05) is 29.6 Å². The van der Waals surface area contributed by atoms with Crippen LogP contribution in [0.1, 0.15) is 39.8 Å². The summed E-state index contributed by atoms with van der Waals surface area (Å²) >= 11 is 7.53. The van der Waals surface area contributed by atoms with Gasteiger partial charge in [-0.15, -0.1) is 11.3 Å². The molecule has 116 valence electrons. The van der Waals surface area contributed by atoms with Crippen LogP contribution >= 0.6 is 22.9 Å². The van der Waals surface area contributed by atoms with Crippen molar-refractivity contribution in [3.05, 3.63) is 50.9 Å². The lowest BCUT2D eigenvalue weighted by atomic mass is 9.99. The van der Waals surface area contributed by atoms with Crippen LogP contribution in [0.2, 0.25) is 5.02 Å². The van der Waals surface area contributed by atoms with E-state index in [1.165, 1.54) is 0 Å². The average Bonchev–Trinajstić information content (AvgIpc) is 3.04. The minimum atomic E-state index is -0.128. The van der Waals surface area contributed by atoms with Crippen molar-refractivity contribution in [1.82, 2.24) is 15.6 Å². The Morgan fingerprint density at radius 3 is 3.00 bits per heavy atom. The molecule has 2 heterocycles. The number of benzene rings is 1. The number of aromatic nitrogens is 1. The van der Waals surface area contributed by atoms with Gasteiger partial charge in [0, 0.05) is 22.9 Å². The molecule has 2 N–H and O–H groups in total. The molecule has 0 saturated carbocycles. The Hall–Kier alpha value is -1.43. The third kappa shape index (κ3) is 3.85. The largest absolute Gasteiger partial charge is 0.347 e. The minimum absolute atomic E-state index is 0.128. The second kappa shape index (κ2) is 7.22. The van der Waals surface area contributed by atoms with E-state index >= 15 is 0 Å². The molecule has 0 bridgehead atoms. The number of nitrogens with one attached hydrogen (secondary N) is 2. The first-order valence-electron chi connectivity index (χ1n) is 7.41. The Bertz CT molecular complexity index is 652. The van der Waals surface area contributed by atoms with Crippen molar-refractivity contribution < 1.29 is 4.79 Å². The molecule has 1 fully saturated rings. The standard InChI is InChI=1S/C16H18ClN3OS/c17-13-3-1-2-11(8-13)9-19-15(21)14-10-22-16(20-14)12-4-6-18-7-5-12/h1-3,8,10,12,18H,4-7,9H2,(H,19,21). The monoisotopic (exact) mass is 335 g/mol. The molecule has 0 atom stereocenters. The van der Waals surface area contributed by atoms with E-state index in [-0.39, 0.29) is 5.91 Å². The Balaban J connectivity index is 1.59. The Kier molecular flexibility index (Phi) is 5.08. The molecular weight excluding hydrogens is 318 g/mol. The molecule has 1 amide bonds. The third-order valence-electron chi connectivity index (χ3n) is 3.79. The number of thiazole rings is 1. The van der Waals surface area contributed by atoms with E-state index in [4.69, 9.17) is 11.6 Å². The summed E-state index contributed by atoms with van der Waals surface area (Å²) in [6.45, 7) is 2.51. The van der Waals surface area contributed by atoms with E-state index < -0.39 is 0 Å². The van der Waals surface area contributed by atoms with Gasteiger partial charge in [0.2, 0.25) is 0 Å². The lowest BCUT2D eigenvalue weighted by Crippen LogP contribution is -2.27. The number of hydrogen-bond donors (Lipinski definition) is 2. The molecule has 0 radical (unpaired) electrons. The zero-order valence-electron chi connectivity index (χ0n) is 12.1. The van der Waals surface area contributed by atoms with Gasteiger partial charge >= 0.3 is 0 Å². The fourth-order valence-corrected chi connectivity index (χ4v) is 3.75. The van der Waals surface area contributed by atoms with Crippen molar-refractivity contribution in [2.45, 2.75) is 25.3 Å². The third-order valence-corrected chi connectivity index (χ3v) is 5.03. The first kappa shape index (κ1) is 15.5. The van der Waals surface area contributed by atoms with E-state index in [2.05, 4.69) is 15.6 Å². The number of hydrogen-bond acceptors (Lipinski definition) is 4. The fraction of sp³-hybridized carbons (Fsp3) is 0.375. The van der Waals surface area contributed by atoms with Crippen molar-refractivity contribution in [3.8, 4) is 0 Å². The van der Waals surface area contributed by atoms with Crippen LogP contribution in [0.4, 0.5) is 0 Å². The summed E-state index contributed by atoms with van der Waals surface area (Å²) in [5, 5.41) is 9.84. The van der Waals surface area contributed by atoms with Gasteiger partial charge in [-0.2, -0.15) is 0 Å². The van der Waals surface area contributed by atoms with Crippen LogP contribution in [0.3, 0.4) is 0 Å². The summed E-state index contributed by atoms with van der Waals surface area (Å²) in [5.41, 5.74) is 1.50. The average molecular weight is 336 g/mol. The van der Waals surface area contributed by atoms with Gasteiger partial charge in [0.1, 0.15) is 5.69 Å². The van der Waals surface area contributed by atoms with Gasteiger partial charge in [-0.1, -0.05) is 23.7 Å². The number of rotatable bonds is 4. The van der Waals surface area contributed by atoms with Gasteiger partial charge in [0.25, 0.3) is 5.91 Å². The molecule has 22 heavy (non-hydrogen) atoms. The van der Waals surface area contributed by atoms with Gasteiger partial charge in [0.15, 0.2) is 0 Å². The lowest BCUT2D eigenvalue weighted by molar-refractivity contribution is 0.0946. The van der Waals surface area contributed by atoms with Crippen LogP contribution in [0.15, 0.2) is 29.6 Å². The van der Waals surface area contributed by atoms with Crippen molar-refractivity contribution >= 4 is 28.8 Å². The quantitative estimate of drug-likeness (QED) is 0.902. The van der Waals surface area contributed by atoms with E-state index in [1.54, 1.807) is 11.3 Å². The Morgan fingerprint density at radius 2 is 2.23 bits per heavy atom. The molecule has 1 aliphatic rings. The second-order valence-electron chi connectivity index (χ2n) is 5.41. The highest BCUT2D eigenvalue weighted by Gasteiger charge is 2.20. The lowest BCUT2D eigenvalue weighted by Gasteiger charge is -2.20. The van der Waals surface area contributed by atoms with Crippen molar-refractivity contribution in [3.63, 3.8) is 0 Å². The van der Waals surface area contributed by atoms with Crippen molar-refractivity contribution in [2.75, 3.05) is 13.1 Å². The minimum Gasteiger partial charge on any atom is -0.347 e. The summed E-state index contributed by atoms with van der Waals surface area (Å²) in [6, 6.07) is 7.48. The zero-order valence-corrected chi connectivity index (χ0v) is 13.7. The van der Waals surface area contributed by atoms with Gasteiger partial charge in [-0.25, -0.2) is 4.98 Å². The highest BCUT2D eigenvalue weighted by molar-refractivity contribution is 7.09. The maximum absolute atomic E-state index is 12.2. The maximum Gasteiger partial charge on any atom is 0.271 e. The normalized spacial score (nSPS) is 15.7. The van der Waals surface area contributed by atoms with E-state index in [0.29, 0.717) is 23.2 Å². The number of nitrogens with zero attached hydrogens (tertiary/aromatic N) is 1. The molecule has 6 heteroatoms. The fourth-order valence-electron chi connectivity index (χ4n) is 2.57. The smallest absolute Gasteiger partial charge is 0.271 e. The molecule has 0 spiro atoms. The molecule has 3 rings (SSSR count). The van der Waals surface area contributed by atoms with Gasteiger partial charge in [0.05, 0.1) is 5.01 Å². The van der Waals surface area contributed by atoms with Gasteiger partial charge < -0.3 is 10.6 Å². The highest BCUT2D eigenvalue weighted by Crippen LogP contribution is 2.27. The first-order chi connectivity index (χ1) is 10.7. The van der Waals surface area contributed by atoms with Gasteiger partial charge in [-0.3, -0.25) is 4.79 Å². The topological polar surface area (TPSA) is 54.0 Å². The molecule has 2 aromatic rings. The van der Waals surface area contributed by atoms with Crippen molar-refractivity contribution in [1.29, 1.82) is 0 Å². The van der Waals surface area contributed by atoms with E-state index in [9.17, 15) is 4.79 Å². The molecular formula is C16H18ClN3OS. The van der Waals surface area contributed by atoms with Crippen LogP contribution in [-0.2, 0) is 6.54 Å². The van der Waals surface area contributed by atoms with Crippen LogP contribution in [-0.4, -0.2) is 24.0 Å².